The lowest BCUT2D eigenvalue weighted by atomic mass is 10.0. The van der Waals surface area contributed by atoms with Crippen molar-refractivity contribution in [2.75, 3.05) is 13.6 Å². The van der Waals surface area contributed by atoms with Gasteiger partial charge in [0.05, 0.1) is 12.5 Å². The standard InChI is InChI=1S/C14H18N2O2/c1-3-11-4-6-12(7-5-11)13(10-15)16(2)9-8-14(17)18/h4-7,13H,3,8-9H2,1-2H3,(H,17,18). The molecule has 1 unspecified atom stereocenters. The van der Waals surface area contributed by atoms with Crippen LogP contribution in [-0.2, 0) is 11.2 Å². The summed E-state index contributed by atoms with van der Waals surface area (Å²) in [5.74, 6) is -0.847. The Kier molecular flexibility index (Phi) is 5.34. The molecule has 1 aromatic rings. The minimum atomic E-state index is -0.847. The second-order valence-electron chi connectivity index (χ2n) is 4.25. The molecular weight excluding hydrogens is 228 g/mol. The van der Waals surface area contributed by atoms with Gasteiger partial charge in [0.25, 0.3) is 0 Å². The Morgan fingerprint density at radius 1 is 1.44 bits per heavy atom. The topological polar surface area (TPSA) is 64.3 Å². The van der Waals surface area contributed by atoms with E-state index in [0.29, 0.717) is 6.54 Å². The van der Waals surface area contributed by atoms with Gasteiger partial charge in [0.15, 0.2) is 0 Å². The number of hydrogen-bond acceptors (Lipinski definition) is 3. The minimum absolute atomic E-state index is 0.0434. The molecule has 1 rings (SSSR count). The van der Waals surface area contributed by atoms with E-state index in [9.17, 15) is 10.1 Å². The molecule has 0 bridgehead atoms. The molecule has 1 atom stereocenters. The van der Waals surface area contributed by atoms with Crippen LogP contribution in [0.25, 0.3) is 0 Å². The van der Waals surface area contributed by atoms with Gasteiger partial charge in [-0.3, -0.25) is 9.69 Å². The molecule has 1 aromatic carbocycles. The number of aliphatic carboxylic acids is 1. The lowest BCUT2D eigenvalue weighted by Gasteiger charge is -2.22. The highest BCUT2D eigenvalue weighted by molar-refractivity contribution is 5.66. The SMILES string of the molecule is CCc1ccc(C(C#N)N(C)CCC(=O)O)cc1. The maximum atomic E-state index is 10.5. The van der Waals surface area contributed by atoms with Crippen molar-refractivity contribution < 1.29 is 9.90 Å². The van der Waals surface area contributed by atoms with Crippen molar-refractivity contribution in [3.63, 3.8) is 0 Å². The zero-order valence-electron chi connectivity index (χ0n) is 10.8. The molecule has 4 heteroatoms. The van der Waals surface area contributed by atoms with Crippen molar-refractivity contribution in [2.45, 2.75) is 25.8 Å². The molecule has 0 fully saturated rings. The van der Waals surface area contributed by atoms with E-state index in [0.717, 1.165) is 12.0 Å². The Morgan fingerprint density at radius 3 is 2.50 bits per heavy atom. The number of carbonyl (C=O) groups is 1. The third-order valence-electron chi connectivity index (χ3n) is 2.95. The van der Waals surface area contributed by atoms with Gasteiger partial charge in [-0.15, -0.1) is 0 Å². The van der Waals surface area contributed by atoms with E-state index < -0.39 is 12.0 Å². The average molecular weight is 246 g/mol. The highest BCUT2D eigenvalue weighted by Crippen LogP contribution is 2.19. The van der Waals surface area contributed by atoms with Crippen LogP contribution in [0.3, 0.4) is 0 Å². The fourth-order valence-corrected chi connectivity index (χ4v) is 1.76. The smallest absolute Gasteiger partial charge is 0.304 e. The summed E-state index contributed by atoms with van der Waals surface area (Å²) in [5, 5.41) is 17.8. The molecule has 0 aliphatic rings. The van der Waals surface area contributed by atoms with Crippen molar-refractivity contribution in [1.82, 2.24) is 4.90 Å². The number of carboxylic acid groups (broad SMARTS) is 1. The van der Waals surface area contributed by atoms with Gasteiger partial charge in [0, 0.05) is 6.54 Å². The van der Waals surface area contributed by atoms with Gasteiger partial charge in [0.1, 0.15) is 6.04 Å². The molecule has 1 N–H and O–H groups in total. The van der Waals surface area contributed by atoms with Crippen LogP contribution in [-0.4, -0.2) is 29.6 Å². The molecule has 18 heavy (non-hydrogen) atoms. The first kappa shape index (κ1) is 14.2. The fourth-order valence-electron chi connectivity index (χ4n) is 1.76. The van der Waals surface area contributed by atoms with Crippen LogP contribution in [0.1, 0.15) is 30.5 Å². The molecule has 0 saturated carbocycles. The van der Waals surface area contributed by atoms with E-state index in [1.165, 1.54) is 5.56 Å². The van der Waals surface area contributed by atoms with E-state index in [2.05, 4.69) is 13.0 Å². The van der Waals surface area contributed by atoms with Crippen LogP contribution in [0.4, 0.5) is 0 Å². The Morgan fingerprint density at radius 2 is 2.06 bits per heavy atom. The highest BCUT2D eigenvalue weighted by Gasteiger charge is 2.16. The van der Waals surface area contributed by atoms with Gasteiger partial charge in [-0.05, 0) is 24.6 Å². The normalized spacial score (nSPS) is 12.1. The van der Waals surface area contributed by atoms with E-state index in [1.807, 2.05) is 24.3 Å². The predicted molar refractivity (Wildman–Crippen MR) is 69.1 cm³/mol. The monoisotopic (exact) mass is 246 g/mol. The van der Waals surface area contributed by atoms with Crippen LogP contribution < -0.4 is 0 Å². The summed E-state index contributed by atoms with van der Waals surface area (Å²) in [5.41, 5.74) is 2.13. The van der Waals surface area contributed by atoms with E-state index >= 15 is 0 Å². The van der Waals surface area contributed by atoms with E-state index in [-0.39, 0.29) is 6.42 Å². The Hall–Kier alpha value is -1.86. The van der Waals surface area contributed by atoms with Crippen molar-refractivity contribution >= 4 is 5.97 Å². The van der Waals surface area contributed by atoms with Crippen molar-refractivity contribution in [1.29, 1.82) is 5.26 Å². The van der Waals surface area contributed by atoms with Crippen LogP contribution in [0.15, 0.2) is 24.3 Å². The van der Waals surface area contributed by atoms with Crippen molar-refractivity contribution in [3.8, 4) is 6.07 Å². The van der Waals surface area contributed by atoms with Gasteiger partial charge in [-0.1, -0.05) is 31.2 Å². The molecule has 0 saturated heterocycles. The molecule has 0 radical (unpaired) electrons. The average Bonchev–Trinajstić information content (AvgIpc) is 2.38. The molecule has 0 amide bonds. The van der Waals surface area contributed by atoms with Crippen LogP contribution in [0.5, 0.6) is 0 Å². The van der Waals surface area contributed by atoms with E-state index in [1.54, 1.807) is 11.9 Å². The van der Waals surface area contributed by atoms with E-state index in [4.69, 9.17) is 5.11 Å². The summed E-state index contributed by atoms with van der Waals surface area (Å²) in [7, 11) is 1.77. The number of nitrogens with zero attached hydrogens (tertiary/aromatic N) is 2. The number of benzene rings is 1. The zero-order valence-corrected chi connectivity index (χ0v) is 10.8. The highest BCUT2D eigenvalue weighted by atomic mass is 16.4. The number of carboxylic acids is 1. The molecule has 0 aliphatic carbocycles. The Labute approximate surface area is 107 Å². The quantitative estimate of drug-likeness (QED) is 0.836. The third kappa shape index (κ3) is 3.86. The Bertz CT molecular complexity index is 434. The molecule has 0 spiro atoms. The number of aryl methyl sites for hydroxylation is 1. The lowest BCUT2D eigenvalue weighted by Crippen LogP contribution is -2.26. The summed E-state index contributed by atoms with van der Waals surface area (Å²) in [4.78, 5) is 12.3. The minimum Gasteiger partial charge on any atom is -0.481 e. The number of nitriles is 1. The predicted octanol–water partition coefficient (Wildman–Crippen LogP) is 2.22. The first-order valence-corrected chi connectivity index (χ1v) is 5.99. The maximum absolute atomic E-state index is 10.5. The molecule has 0 aliphatic heterocycles. The Balaban J connectivity index is 2.75. The van der Waals surface area contributed by atoms with Gasteiger partial charge in [-0.2, -0.15) is 5.26 Å². The summed E-state index contributed by atoms with van der Waals surface area (Å²) in [6, 6.07) is 9.70. The first-order chi connectivity index (χ1) is 8.58. The fraction of sp³-hybridized carbons (Fsp3) is 0.429. The summed E-state index contributed by atoms with van der Waals surface area (Å²) >= 11 is 0. The molecule has 96 valence electrons. The van der Waals surface area contributed by atoms with Crippen LogP contribution in [0.2, 0.25) is 0 Å². The van der Waals surface area contributed by atoms with Gasteiger partial charge >= 0.3 is 5.97 Å². The summed E-state index contributed by atoms with van der Waals surface area (Å²) in [6.07, 6.45) is 1.01. The summed E-state index contributed by atoms with van der Waals surface area (Å²) in [6.45, 7) is 2.44. The second kappa shape index (κ2) is 6.77. The van der Waals surface area contributed by atoms with Crippen molar-refractivity contribution in [3.05, 3.63) is 35.4 Å². The molecule has 0 heterocycles. The molecule has 4 nitrogen and oxygen atoms in total. The third-order valence-corrected chi connectivity index (χ3v) is 2.95. The van der Waals surface area contributed by atoms with Crippen LogP contribution >= 0.6 is 0 Å². The van der Waals surface area contributed by atoms with Gasteiger partial charge in [-0.25, -0.2) is 0 Å². The molecular formula is C14H18N2O2. The first-order valence-electron chi connectivity index (χ1n) is 5.99. The molecule has 0 aromatic heterocycles. The summed E-state index contributed by atoms with van der Waals surface area (Å²) < 4.78 is 0. The van der Waals surface area contributed by atoms with Crippen LogP contribution in [0, 0.1) is 11.3 Å². The lowest BCUT2D eigenvalue weighted by molar-refractivity contribution is -0.137. The largest absolute Gasteiger partial charge is 0.481 e. The van der Waals surface area contributed by atoms with Crippen molar-refractivity contribution in [2.24, 2.45) is 0 Å². The zero-order chi connectivity index (χ0) is 13.5. The number of rotatable bonds is 6. The van der Waals surface area contributed by atoms with Gasteiger partial charge in [0.2, 0.25) is 0 Å². The maximum Gasteiger partial charge on any atom is 0.304 e. The number of hydrogen-bond donors (Lipinski definition) is 1. The second-order valence-corrected chi connectivity index (χ2v) is 4.25. The van der Waals surface area contributed by atoms with Gasteiger partial charge < -0.3 is 5.11 Å².